The molecule has 2 aromatic heterocycles. The summed E-state index contributed by atoms with van der Waals surface area (Å²) in [4.78, 5) is -0.493. The number of hydrogen-bond acceptors (Lipinski definition) is 7. The zero-order valence-corrected chi connectivity index (χ0v) is 18.5. The van der Waals surface area contributed by atoms with Gasteiger partial charge in [0.15, 0.2) is 11.5 Å². The van der Waals surface area contributed by atoms with E-state index in [0.717, 1.165) is 18.2 Å². The van der Waals surface area contributed by atoms with Gasteiger partial charge in [-0.25, -0.2) is 13.1 Å². The molecule has 0 atom stereocenters. The Hall–Kier alpha value is -3.71. The predicted octanol–water partition coefficient (Wildman–Crippen LogP) is 3.18. The minimum Gasteiger partial charge on any atom is -0.496 e. The Labute approximate surface area is 192 Å². The lowest BCUT2D eigenvalue weighted by Crippen LogP contribution is -2.28. The average Bonchev–Trinajstić information content (AvgIpc) is 3.24. The van der Waals surface area contributed by atoms with Crippen molar-refractivity contribution in [1.82, 2.24) is 24.5 Å². The van der Waals surface area contributed by atoms with Crippen LogP contribution in [0.25, 0.3) is 17.0 Å². The van der Waals surface area contributed by atoms with Crippen LogP contribution in [0, 0.1) is 0 Å². The lowest BCUT2D eigenvalue weighted by molar-refractivity contribution is -0.137. The van der Waals surface area contributed by atoms with Crippen molar-refractivity contribution in [2.75, 3.05) is 20.3 Å². The van der Waals surface area contributed by atoms with Crippen LogP contribution in [0.4, 0.5) is 13.2 Å². The van der Waals surface area contributed by atoms with E-state index in [-0.39, 0.29) is 19.0 Å². The fraction of sp³-hybridized carbons (Fsp3) is 0.190. The largest absolute Gasteiger partial charge is 0.496 e. The van der Waals surface area contributed by atoms with Gasteiger partial charge in [-0.05, 0) is 36.4 Å². The highest BCUT2D eigenvalue weighted by atomic mass is 32.2. The smallest absolute Gasteiger partial charge is 0.416 e. The molecule has 0 aliphatic carbocycles. The zero-order valence-electron chi connectivity index (χ0n) is 17.7. The number of nitrogens with one attached hydrogen (secondary N) is 1. The Kier molecular flexibility index (Phi) is 6.39. The number of rotatable bonds is 8. The molecule has 0 amide bonds. The fourth-order valence-corrected chi connectivity index (χ4v) is 4.16. The summed E-state index contributed by atoms with van der Waals surface area (Å²) in [7, 11) is -2.63. The summed E-state index contributed by atoms with van der Waals surface area (Å²) >= 11 is 0. The molecule has 0 aliphatic heterocycles. The molecular formula is C21H18F3N5O4S. The van der Waals surface area contributed by atoms with E-state index in [4.69, 9.17) is 9.47 Å². The van der Waals surface area contributed by atoms with E-state index in [2.05, 4.69) is 20.0 Å². The Morgan fingerprint density at radius 1 is 1.03 bits per heavy atom. The second-order valence-electron chi connectivity index (χ2n) is 6.94. The topological polar surface area (TPSA) is 108 Å². The number of methoxy groups -OCH3 is 1. The van der Waals surface area contributed by atoms with E-state index in [1.165, 1.54) is 17.7 Å². The lowest BCUT2D eigenvalue weighted by Gasteiger charge is -2.11. The summed E-state index contributed by atoms with van der Waals surface area (Å²) in [6.45, 7) is -0.317. The first-order valence-electron chi connectivity index (χ1n) is 9.84. The van der Waals surface area contributed by atoms with Crippen molar-refractivity contribution in [3.63, 3.8) is 0 Å². The predicted molar refractivity (Wildman–Crippen MR) is 115 cm³/mol. The Balaban J connectivity index is 1.44. The molecule has 0 bridgehead atoms. The molecule has 4 rings (SSSR count). The minimum absolute atomic E-state index is 0.122. The van der Waals surface area contributed by atoms with Crippen LogP contribution in [0.1, 0.15) is 5.56 Å². The number of fused-ring (bicyclic) bond motifs is 1. The van der Waals surface area contributed by atoms with Gasteiger partial charge in [0.1, 0.15) is 12.4 Å². The van der Waals surface area contributed by atoms with E-state index in [0.29, 0.717) is 28.9 Å². The van der Waals surface area contributed by atoms with Crippen molar-refractivity contribution in [3.8, 4) is 23.0 Å². The number of alkyl halides is 3. The summed E-state index contributed by atoms with van der Waals surface area (Å²) in [5.74, 6) is 1.17. The van der Waals surface area contributed by atoms with E-state index in [1.807, 2.05) is 12.1 Å². The molecule has 4 aromatic rings. The molecule has 2 aromatic carbocycles. The summed E-state index contributed by atoms with van der Waals surface area (Å²) in [6.07, 6.45) is -4.65. The van der Waals surface area contributed by atoms with Crippen LogP contribution in [0.15, 0.2) is 65.6 Å². The van der Waals surface area contributed by atoms with Crippen molar-refractivity contribution in [3.05, 3.63) is 66.2 Å². The molecule has 0 radical (unpaired) electrons. The quantitative estimate of drug-likeness (QED) is 0.376. The SMILES string of the molecule is COc1ccccc1-c1nnc2ccc(OCCNS(=O)(=O)c3cccc(C(F)(F)F)c3)nn12. The highest BCUT2D eigenvalue weighted by molar-refractivity contribution is 7.89. The molecule has 0 spiro atoms. The molecule has 178 valence electrons. The molecule has 0 unspecified atom stereocenters. The van der Waals surface area contributed by atoms with Crippen molar-refractivity contribution in [2.45, 2.75) is 11.1 Å². The van der Waals surface area contributed by atoms with Gasteiger partial charge in [0.05, 0.1) is 23.1 Å². The van der Waals surface area contributed by atoms with Crippen LogP contribution in [0.5, 0.6) is 11.6 Å². The summed E-state index contributed by atoms with van der Waals surface area (Å²) < 4.78 is 77.8. The third-order valence-corrected chi connectivity index (χ3v) is 6.16. The average molecular weight is 493 g/mol. The van der Waals surface area contributed by atoms with Crippen LogP contribution < -0.4 is 14.2 Å². The Morgan fingerprint density at radius 3 is 2.59 bits per heavy atom. The molecule has 34 heavy (non-hydrogen) atoms. The van der Waals surface area contributed by atoms with Gasteiger partial charge in [-0.15, -0.1) is 15.3 Å². The van der Waals surface area contributed by atoms with Crippen LogP contribution in [-0.4, -0.2) is 48.5 Å². The van der Waals surface area contributed by atoms with Gasteiger partial charge in [0.2, 0.25) is 15.9 Å². The van der Waals surface area contributed by atoms with Gasteiger partial charge in [0.25, 0.3) is 0 Å². The van der Waals surface area contributed by atoms with E-state index >= 15 is 0 Å². The Morgan fingerprint density at radius 2 is 1.82 bits per heavy atom. The van der Waals surface area contributed by atoms with Crippen molar-refractivity contribution >= 4 is 15.7 Å². The first kappa shape index (κ1) is 23.4. The molecule has 0 fully saturated rings. The zero-order chi connectivity index (χ0) is 24.3. The van der Waals surface area contributed by atoms with E-state index in [1.54, 1.807) is 18.2 Å². The monoisotopic (exact) mass is 493 g/mol. The second-order valence-corrected chi connectivity index (χ2v) is 8.70. The molecule has 0 aliphatic rings. The molecular weight excluding hydrogens is 475 g/mol. The van der Waals surface area contributed by atoms with Crippen LogP contribution in [-0.2, 0) is 16.2 Å². The molecule has 1 N–H and O–H groups in total. The van der Waals surface area contributed by atoms with Gasteiger partial charge in [0, 0.05) is 12.6 Å². The maximum absolute atomic E-state index is 12.9. The van der Waals surface area contributed by atoms with Gasteiger partial charge in [-0.1, -0.05) is 18.2 Å². The highest BCUT2D eigenvalue weighted by Crippen LogP contribution is 2.30. The standard InChI is InChI=1S/C21H18F3N5O4S/c1-32-17-8-3-2-7-16(17)20-27-26-18-9-10-19(28-29(18)20)33-12-11-25-34(30,31)15-6-4-5-14(13-15)21(22,23)24/h2-10,13,25H,11-12H2,1H3. The molecule has 0 saturated heterocycles. The summed E-state index contributed by atoms with van der Waals surface area (Å²) in [5.41, 5.74) is 0.0680. The molecule has 13 heteroatoms. The van der Waals surface area contributed by atoms with Crippen molar-refractivity contribution in [2.24, 2.45) is 0 Å². The number of hydrogen-bond donors (Lipinski definition) is 1. The third-order valence-electron chi connectivity index (χ3n) is 4.70. The maximum Gasteiger partial charge on any atom is 0.416 e. The normalized spacial score (nSPS) is 12.1. The van der Waals surface area contributed by atoms with Crippen molar-refractivity contribution < 1.29 is 31.1 Å². The number of ether oxygens (including phenoxy) is 2. The van der Waals surface area contributed by atoms with Gasteiger partial charge < -0.3 is 9.47 Å². The second kappa shape index (κ2) is 9.27. The van der Waals surface area contributed by atoms with E-state index in [9.17, 15) is 21.6 Å². The molecule has 9 nitrogen and oxygen atoms in total. The van der Waals surface area contributed by atoms with Crippen LogP contribution in [0.3, 0.4) is 0 Å². The van der Waals surface area contributed by atoms with Gasteiger partial charge >= 0.3 is 6.18 Å². The lowest BCUT2D eigenvalue weighted by atomic mass is 10.2. The van der Waals surface area contributed by atoms with Crippen molar-refractivity contribution in [1.29, 1.82) is 0 Å². The molecule has 0 saturated carbocycles. The fourth-order valence-electron chi connectivity index (χ4n) is 3.10. The number of halogens is 3. The first-order chi connectivity index (χ1) is 16.2. The van der Waals surface area contributed by atoms with Crippen LogP contribution in [0.2, 0.25) is 0 Å². The first-order valence-corrected chi connectivity index (χ1v) is 11.3. The minimum atomic E-state index is -4.65. The summed E-state index contributed by atoms with van der Waals surface area (Å²) in [6, 6.07) is 13.9. The summed E-state index contributed by atoms with van der Waals surface area (Å²) in [5, 5.41) is 12.5. The number of para-hydroxylation sites is 1. The highest BCUT2D eigenvalue weighted by Gasteiger charge is 2.31. The Bertz CT molecular complexity index is 1420. The number of aromatic nitrogens is 4. The number of sulfonamides is 1. The number of benzene rings is 2. The van der Waals surface area contributed by atoms with Crippen LogP contribution >= 0.6 is 0 Å². The maximum atomic E-state index is 12.9. The van der Waals surface area contributed by atoms with E-state index < -0.39 is 26.7 Å². The number of nitrogens with zero attached hydrogens (tertiary/aromatic N) is 4. The third kappa shape index (κ3) is 4.94. The van der Waals surface area contributed by atoms with Gasteiger partial charge in [-0.3, -0.25) is 0 Å². The molecule has 2 heterocycles. The van der Waals surface area contributed by atoms with Gasteiger partial charge in [-0.2, -0.15) is 17.7 Å².